The van der Waals surface area contributed by atoms with E-state index in [1.807, 2.05) is 42.6 Å². The van der Waals surface area contributed by atoms with E-state index in [1.54, 1.807) is 7.11 Å². The van der Waals surface area contributed by atoms with E-state index < -0.39 is 26.4 Å². The number of hydrogen-bond donors (Lipinski definition) is 1. The number of nitrogens with zero attached hydrogens (tertiary/aromatic N) is 3. The number of aryl methyl sites for hydroxylation is 1. The molecule has 2 aromatic heterocycles. The van der Waals surface area contributed by atoms with Gasteiger partial charge in [-0.15, -0.1) is 0 Å². The van der Waals surface area contributed by atoms with Gasteiger partial charge in [0.1, 0.15) is 12.6 Å². The Morgan fingerprint density at radius 1 is 0.866 bits per heavy atom. The summed E-state index contributed by atoms with van der Waals surface area (Å²) in [6.07, 6.45) is 4.06. The molecule has 1 N–H and O–H groups in total. The highest BCUT2D eigenvalue weighted by Crippen LogP contribution is 2.43. The van der Waals surface area contributed by atoms with E-state index in [1.165, 1.54) is 28.4 Å². The number of carbonyl (C=O) groups excluding carboxylic acids is 2. The lowest BCUT2D eigenvalue weighted by molar-refractivity contribution is -0.143. The van der Waals surface area contributed by atoms with Crippen molar-refractivity contribution in [3.8, 4) is 11.3 Å². The molecule has 0 spiro atoms. The number of nitrogens with one attached hydrogen (secondary N) is 1. The summed E-state index contributed by atoms with van der Waals surface area (Å²) in [5, 5.41) is 6.38. The van der Waals surface area contributed by atoms with E-state index in [4.69, 9.17) is 23.6 Å². The average Bonchev–Trinajstić information content (AvgIpc) is 3.64. The van der Waals surface area contributed by atoms with E-state index in [0.717, 1.165) is 72.6 Å². The number of methoxy groups -OCH3 is 2. The first kappa shape index (κ1) is 49.2. The number of benzene rings is 4. The summed E-state index contributed by atoms with van der Waals surface area (Å²) in [5.41, 5.74) is 7.24. The highest BCUT2D eigenvalue weighted by atomic mass is 28.4. The minimum Gasteiger partial charge on any atom is -0.467 e. The number of carbonyl (C=O) groups is 2. The van der Waals surface area contributed by atoms with Crippen molar-refractivity contribution >= 4 is 47.3 Å². The van der Waals surface area contributed by atoms with Crippen LogP contribution < -0.4 is 20.6 Å². The van der Waals surface area contributed by atoms with Gasteiger partial charge in [0.15, 0.2) is 0 Å². The van der Waals surface area contributed by atoms with Gasteiger partial charge in [-0.3, -0.25) is 4.98 Å². The average molecular weight is 923 g/mol. The molecule has 11 heteroatoms. The number of hydrogen-bond acceptors (Lipinski definition) is 8. The van der Waals surface area contributed by atoms with Gasteiger partial charge < -0.3 is 33.4 Å². The highest BCUT2D eigenvalue weighted by molar-refractivity contribution is 6.99. The van der Waals surface area contributed by atoms with Crippen LogP contribution in [0.4, 0.5) is 10.5 Å². The lowest BCUT2D eigenvalue weighted by Crippen LogP contribution is -2.67. The molecule has 6 aromatic rings. The van der Waals surface area contributed by atoms with Gasteiger partial charge in [-0.2, -0.15) is 0 Å². The Morgan fingerprint density at radius 2 is 1.52 bits per heavy atom. The Labute approximate surface area is 399 Å². The first-order valence-corrected chi connectivity index (χ1v) is 25.8. The molecule has 3 atom stereocenters. The smallest absolute Gasteiger partial charge is 0.408 e. The second kappa shape index (κ2) is 21.5. The predicted octanol–water partition coefficient (Wildman–Crippen LogP) is 10.7. The van der Waals surface area contributed by atoms with Crippen molar-refractivity contribution in [2.75, 3.05) is 38.8 Å². The number of fused-ring (bicyclic) bond motifs is 1. The van der Waals surface area contributed by atoms with Crippen LogP contribution in [0.5, 0.6) is 0 Å². The number of pyridine rings is 1. The molecule has 7 rings (SSSR count). The van der Waals surface area contributed by atoms with Crippen LogP contribution in [-0.2, 0) is 43.0 Å². The number of aromatic nitrogens is 2. The van der Waals surface area contributed by atoms with E-state index in [-0.39, 0.29) is 29.1 Å². The first-order valence-electron chi connectivity index (χ1n) is 23.9. The van der Waals surface area contributed by atoms with Crippen molar-refractivity contribution in [3.05, 3.63) is 144 Å². The van der Waals surface area contributed by atoms with Crippen LogP contribution in [0.25, 0.3) is 22.2 Å². The Hall–Kier alpha value is -5.75. The molecule has 3 heterocycles. The Kier molecular flexibility index (Phi) is 15.8. The fraction of sp³-hybridized carbons (Fsp3) is 0.411. The Bertz CT molecular complexity index is 2540. The van der Waals surface area contributed by atoms with Crippen molar-refractivity contribution in [2.45, 2.75) is 104 Å². The quantitative estimate of drug-likeness (QED) is 0.0672. The Balaban J connectivity index is 1.24. The molecule has 0 radical (unpaired) electrons. The van der Waals surface area contributed by atoms with E-state index >= 15 is 0 Å². The van der Waals surface area contributed by atoms with Crippen LogP contribution in [0.3, 0.4) is 0 Å². The summed E-state index contributed by atoms with van der Waals surface area (Å²) < 4.78 is 26.7. The molecule has 0 bridgehead atoms. The SMILES string of the molecule is CCn1c(-c2cccnc2[C@H](C)OC)c(CC(C)(C)CO[Si](c2ccccc2)(c2ccccc2)C(C)(C)C)c2cc(N3CCC[C@@H](CC(NC(=O)OCc4ccccc4)C(=O)OC)C3)ccc21. The monoisotopic (exact) mass is 923 g/mol. The zero-order valence-electron chi connectivity index (χ0n) is 41.0. The number of amides is 1. The van der Waals surface area contributed by atoms with Gasteiger partial charge in [0.05, 0.1) is 24.6 Å². The first-order chi connectivity index (χ1) is 32.2. The minimum atomic E-state index is -2.82. The third-order valence-electron chi connectivity index (χ3n) is 13.5. The molecule has 10 nitrogen and oxygen atoms in total. The summed E-state index contributed by atoms with van der Waals surface area (Å²) in [6.45, 7) is 19.0. The number of alkyl carbamates (subject to hydrolysis) is 1. The molecule has 354 valence electrons. The summed E-state index contributed by atoms with van der Waals surface area (Å²) in [7, 11) is 0.275. The van der Waals surface area contributed by atoms with Crippen molar-refractivity contribution < 1.29 is 28.2 Å². The number of ether oxygens (including phenoxy) is 3. The maximum atomic E-state index is 13.1. The molecule has 1 aliphatic heterocycles. The van der Waals surface area contributed by atoms with Gasteiger partial charge in [0.2, 0.25) is 0 Å². The van der Waals surface area contributed by atoms with Crippen molar-refractivity contribution in [2.24, 2.45) is 11.3 Å². The predicted molar refractivity (Wildman–Crippen MR) is 272 cm³/mol. The zero-order valence-corrected chi connectivity index (χ0v) is 42.0. The number of anilines is 1. The second-order valence-corrected chi connectivity index (χ2v) is 24.2. The number of esters is 1. The van der Waals surface area contributed by atoms with Crippen LogP contribution in [-0.4, -0.2) is 69.9 Å². The van der Waals surface area contributed by atoms with Gasteiger partial charge in [-0.1, -0.05) is 126 Å². The number of piperidine rings is 1. The standard InChI is InChI=1S/C56H70N4O6Si/c1-10-60-50-31-30-43(59-33-21-24-42(37-59)34-49(53(61)64-9)58-54(62)65-38-41-22-14-11-15-23-41)35-47(50)48(52(60)46-29-20-32-57-51(46)40(2)63-8)36-56(6,7)39-66-67(55(3,4)5,44-25-16-12-17-26-44)45-27-18-13-19-28-45/h11-20,22-23,25-32,35,40,42,49H,10,21,24,33-34,36-39H2,1-9H3,(H,58,62)/t40-,42-,49?/m0/s1. The largest absolute Gasteiger partial charge is 0.467 e. The summed E-state index contributed by atoms with van der Waals surface area (Å²) in [6, 6.07) is 41.5. The molecular weight excluding hydrogens is 853 g/mol. The van der Waals surface area contributed by atoms with Crippen LogP contribution in [0.2, 0.25) is 5.04 Å². The van der Waals surface area contributed by atoms with Crippen molar-refractivity contribution in [3.63, 3.8) is 0 Å². The minimum absolute atomic E-state index is 0.113. The normalized spacial score (nSPS) is 15.5. The summed E-state index contributed by atoms with van der Waals surface area (Å²) >= 11 is 0. The molecule has 1 fully saturated rings. The molecule has 0 aliphatic carbocycles. The summed E-state index contributed by atoms with van der Waals surface area (Å²) in [5.74, 6) is -0.350. The number of rotatable bonds is 18. The van der Waals surface area contributed by atoms with Crippen LogP contribution >= 0.6 is 0 Å². The van der Waals surface area contributed by atoms with Gasteiger partial charge in [0.25, 0.3) is 8.32 Å². The molecule has 1 unspecified atom stereocenters. The summed E-state index contributed by atoms with van der Waals surface area (Å²) in [4.78, 5) is 33.4. The maximum absolute atomic E-state index is 13.1. The molecule has 1 aliphatic rings. The maximum Gasteiger partial charge on any atom is 0.408 e. The van der Waals surface area contributed by atoms with E-state index in [0.29, 0.717) is 13.0 Å². The van der Waals surface area contributed by atoms with E-state index in [2.05, 4.69) is 148 Å². The molecule has 67 heavy (non-hydrogen) atoms. The fourth-order valence-corrected chi connectivity index (χ4v) is 14.9. The molecule has 4 aromatic carbocycles. The molecule has 1 amide bonds. The highest BCUT2D eigenvalue weighted by Gasteiger charge is 2.51. The topological polar surface area (TPSA) is 104 Å². The van der Waals surface area contributed by atoms with Crippen molar-refractivity contribution in [1.29, 1.82) is 0 Å². The second-order valence-electron chi connectivity index (χ2n) is 19.9. The van der Waals surface area contributed by atoms with Gasteiger partial charge >= 0.3 is 12.1 Å². The zero-order chi connectivity index (χ0) is 47.8. The molecule has 0 saturated carbocycles. The van der Waals surface area contributed by atoms with Crippen LogP contribution in [0.15, 0.2) is 128 Å². The Morgan fingerprint density at radius 3 is 2.13 bits per heavy atom. The fourth-order valence-electron chi connectivity index (χ4n) is 10.2. The van der Waals surface area contributed by atoms with E-state index in [9.17, 15) is 9.59 Å². The molecule has 1 saturated heterocycles. The molecular formula is C56H70N4O6Si. The lowest BCUT2D eigenvalue weighted by atomic mass is 9.84. The van der Waals surface area contributed by atoms with Gasteiger partial charge in [0, 0.05) is 61.7 Å². The third kappa shape index (κ3) is 11.0. The van der Waals surface area contributed by atoms with Crippen LogP contribution in [0.1, 0.15) is 90.7 Å². The van der Waals surface area contributed by atoms with Gasteiger partial charge in [-0.25, -0.2) is 9.59 Å². The van der Waals surface area contributed by atoms with Crippen LogP contribution in [0, 0.1) is 11.3 Å². The van der Waals surface area contributed by atoms with Gasteiger partial charge in [-0.05, 0) is 108 Å². The van der Waals surface area contributed by atoms with Crippen molar-refractivity contribution in [1.82, 2.24) is 14.9 Å². The lowest BCUT2D eigenvalue weighted by Gasteiger charge is -2.44. The third-order valence-corrected chi connectivity index (χ3v) is 18.5.